The highest BCUT2D eigenvalue weighted by atomic mass is 35.5. The van der Waals surface area contributed by atoms with Crippen LogP contribution in [-0.4, -0.2) is 68.9 Å². The molecule has 0 spiro atoms. The molecule has 0 unspecified atom stereocenters. The van der Waals surface area contributed by atoms with Crippen LogP contribution in [-0.2, 0) is 30.6 Å². The average Bonchev–Trinajstić information content (AvgIpc) is 3.42. The van der Waals surface area contributed by atoms with Gasteiger partial charge in [-0.25, -0.2) is 14.5 Å². The summed E-state index contributed by atoms with van der Waals surface area (Å²) in [5.74, 6) is -2.46. The van der Waals surface area contributed by atoms with E-state index in [1.807, 2.05) is 0 Å². The number of carbonyl (C=O) groups excluding carboxylic acids is 4. The number of ether oxygens (including phenoxy) is 1. The second-order valence-corrected chi connectivity index (χ2v) is 6.95. The van der Waals surface area contributed by atoms with Crippen LogP contribution >= 0.6 is 22.9 Å². The number of alkyl halides is 1. The Kier molecular flexibility index (Phi) is 7.09. The molecule has 1 saturated heterocycles. The largest absolute Gasteiger partial charge is 0.464 e. The molecule has 0 saturated carbocycles. The number of carbonyl (C=O) groups is 4. The van der Waals surface area contributed by atoms with Gasteiger partial charge in [0.1, 0.15) is 18.1 Å². The Bertz CT molecular complexity index is 1020. The minimum atomic E-state index is -1.00. The molecule has 1 aliphatic heterocycles. The standard InChI is InChI=1S/C15H15ClN8O6S/c1-29-14(28)8-3-17-23-24(8)12-11(13(27)22-12)20-10(26)4-18-30-5-7-6-31-15(19-7)21-9(25)2-16/h3-4,6,11-12H,2,5H2,1H3,(H,20,26)(H,22,27)(H,19,21,25)/t11-,12+/m0/s1. The maximum atomic E-state index is 12.0. The first-order valence-corrected chi connectivity index (χ1v) is 9.89. The number of oxime groups is 1. The van der Waals surface area contributed by atoms with E-state index in [1.165, 1.54) is 24.6 Å². The van der Waals surface area contributed by atoms with E-state index in [2.05, 4.69) is 41.1 Å². The summed E-state index contributed by atoms with van der Waals surface area (Å²) in [6.45, 7) is -0.0506. The second kappa shape index (κ2) is 9.94. The van der Waals surface area contributed by atoms with Gasteiger partial charge < -0.3 is 25.5 Å². The number of anilines is 1. The van der Waals surface area contributed by atoms with Crippen molar-refractivity contribution in [3.05, 3.63) is 23.0 Å². The van der Waals surface area contributed by atoms with Gasteiger partial charge in [0.25, 0.3) is 5.91 Å². The molecule has 164 valence electrons. The van der Waals surface area contributed by atoms with Gasteiger partial charge in [-0.15, -0.1) is 28.0 Å². The van der Waals surface area contributed by atoms with Crippen molar-refractivity contribution in [1.29, 1.82) is 0 Å². The van der Waals surface area contributed by atoms with E-state index in [4.69, 9.17) is 16.4 Å². The maximum Gasteiger partial charge on any atom is 0.358 e. The zero-order chi connectivity index (χ0) is 22.4. The van der Waals surface area contributed by atoms with Crippen molar-refractivity contribution in [3.63, 3.8) is 0 Å². The summed E-state index contributed by atoms with van der Waals surface area (Å²) in [5.41, 5.74) is 0.487. The lowest BCUT2D eigenvalue weighted by molar-refractivity contribution is -0.137. The van der Waals surface area contributed by atoms with Gasteiger partial charge in [0.15, 0.2) is 23.6 Å². The summed E-state index contributed by atoms with van der Waals surface area (Å²) in [4.78, 5) is 55.8. The zero-order valence-electron chi connectivity index (χ0n) is 15.8. The minimum absolute atomic E-state index is 0.00798. The fraction of sp³-hybridized carbons (Fsp3) is 0.333. The van der Waals surface area contributed by atoms with Crippen molar-refractivity contribution >= 4 is 58.0 Å². The predicted octanol–water partition coefficient (Wildman–Crippen LogP) is -0.986. The fourth-order valence-electron chi connectivity index (χ4n) is 2.38. The Morgan fingerprint density at radius 2 is 2.26 bits per heavy atom. The molecule has 3 heterocycles. The summed E-state index contributed by atoms with van der Waals surface area (Å²) >= 11 is 6.57. The number of rotatable bonds is 9. The van der Waals surface area contributed by atoms with Crippen LogP contribution in [0, 0.1) is 0 Å². The molecule has 2 atom stereocenters. The number of nitrogens with one attached hydrogen (secondary N) is 3. The first-order valence-electron chi connectivity index (χ1n) is 8.48. The van der Waals surface area contributed by atoms with Gasteiger partial charge in [0.05, 0.1) is 19.0 Å². The Morgan fingerprint density at radius 3 is 2.97 bits per heavy atom. The van der Waals surface area contributed by atoms with E-state index in [1.54, 1.807) is 5.38 Å². The molecule has 14 nitrogen and oxygen atoms in total. The van der Waals surface area contributed by atoms with E-state index in [0.29, 0.717) is 10.8 Å². The van der Waals surface area contributed by atoms with Gasteiger partial charge in [-0.3, -0.25) is 14.4 Å². The van der Waals surface area contributed by atoms with Crippen LogP contribution in [0.5, 0.6) is 0 Å². The molecular formula is C15H15ClN8O6S. The Hall–Kier alpha value is -3.59. The quantitative estimate of drug-likeness (QED) is 0.136. The lowest BCUT2D eigenvalue weighted by Gasteiger charge is -2.36. The molecule has 3 N–H and O–H groups in total. The number of amides is 3. The molecule has 0 aliphatic carbocycles. The molecule has 1 aliphatic rings. The SMILES string of the molecule is COC(=O)c1cnnn1[C@H]1NC(=O)[C@H]1NC(=O)C=NOCc1csc(NC(=O)CCl)n1. The van der Waals surface area contributed by atoms with E-state index in [-0.39, 0.29) is 24.1 Å². The van der Waals surface area contributed by atoms with Crippen molar-refractivity contribution in [2.24, 2.45) is 5.16 Å². The third-order valence-electron chi connectivity index (χ3n) is 3.80. The normalized spacial score (nSPS) is 17.5. The molecule has 2 aromatic rings. The van der Waals surface area contributed by atoms with Crippen molar-refractivity contribution in [1.82, 2.24) is 30.6 Å². The smallest absolute Gasteiger partial charge is 0.358 e. The number of hydrogen-bond donors (Lipinski definition) is 3. The first-order chi connectivity index (χ1) is 14.9. The number of aromatic nitrogens is 4. The van der Waals surface area contributed by atoms with Crippen LogP contribution in [0.4, 0.5) is 5.13 Å². The molecule has 31 heavy (non-hydrogen) atoms. The number of esters is 1. The van der Waals surface area contributed by atoms with E-state index in [9.17, 15) is 19.2 Å². The van der Waals surface area contributed by atoms with Crippen LogP contribution in [0.25, 0.3) is 0 Å². The number of methoxy groups -OCH3 is 1. The minimum Gasteiger partial charge on any atom is -0.464 e. The van der Waals surface area contributed by atoms with Crippen LogP contribution in [0.2, 0.25) is 0 Å². The monoisotopic (exact) mass is 470 g/mol. The molecule has 1 fully saturated rings. The van der Waals surface area contributed by atoms with Gasteiger partial charge >= 0.3 is 5.97 Å². The number of thiazole rings is 1. The summed E-state index contributed by atoms with van der Waals surface area (Å²) in [7, 11) is 1.19. The number of hydrogen-bond acceptors (Lipinski definition) is 11. The Labute approximate surface area is 182 Å². The fourth-order valence-corrected chi connectivity index (χ4v) is 3.15. The van der Waals surface area contributed by atoms with Gasteiger partial charge in [-0.2, -0.15) is 0 Å². The molecule has 3 rings (SSSR count). The Morgan fingerprint density at radius 1 is 1.45 bits per heavy atom. The summed E-state index contributed by atoms with van der Waals surface area (Å²) in [6, 6.07) is -1.00. The van der Waals surface area contributed by atoms with Crippen molar-refractivity contribution in [2.45, 2.75) is 18.8 Å². The molecule has 3 amide bonds. The highest BCUT2D eigenvalue weighted by Gasteiger charge is 2.44. The molecular weight excluding hydrogens is 456 g/mol. The van der Waals surface area contributed by atoms with E-state index >= 15 is 0 Å². The molecule has 0 aromatic carbocycles. The molecule has 0 bridgehead atoms. The first kappa shape index (κ1) is 22.1. The lowest BCUT2D eigenvalue weighted by atomic mass is 10.1. The van der Waals surface area contributed by atoms with E-state index in [0.717, 1.165) is 10.9 Å². The second-order valence-electron chi connectivity index (χ2n) is 5.83. The van der Waals surface area contributed by atoms with Gasteiger partial charge in [-0.1, -0.05) is 10.4 Å². The van der Waals surface area contributed by atoms with Gasteiger partial charge in [0, 0.05) is 5.38 Å². The third-order valence-corrected chi connectivity index (χ3v) is 4.84. The summed E-state index contributed by atoms with van der Waals surface area (Å²) in [6.07, 6.45) is 1.20. The molecule has 16 heteroatoms. The number of halogens is 1. The summed E-state index contributed by atoms with van der Waals surface area (Å²) < 4.78 is 5.75. The molecule has 0 radical (unpaired) electrons. The number of nitrogens with zero attached hydrogens (tertiary/aromatic N) is 5. The molecule has 2 aromatic heterocycles. The topological polar surface area (TPSA) is 179 Å². The van der Waals surface area contributed by atoms with Crippen molar-refractivity contribution < 1.29 is 28.8 Å². The van der Waals surface area contributed by atoms with Crippen molar-refractivity contribution in [3.8, 4) is 0 Å². The lowest BCUT2D eigenvalue weighted by Crippen LogP contribution is -2.66. The van der Waals surface area contributed by atoms with Gasteiger partial charge in [0.2, 0.25) is 11.8 Å². The van der Waals surface area contributed by atoms with Gasteiger partial charge in [-0.05, 0) is 0 Å². The van der Waals surface area contributed by atoms with E-state index < -0.39 is 30.0 Å². The number of β-lactam (4-membered cyclic amide) rings is 1. The van der Waals surface area contributed by atoms with Crippen LogP contribution in [0.3, 0.4) is 0 Å². The Balaban J connectivity index is 1.49. The highest BCUT2D eigenvalue weighted by molar-refractivity contribution is 7.13. The van der Waals surface area contributed by atoms with Crippen LogP contribution < -0.4 is 16.0 Å². The zero-order valence-corrected chi connectivity index (χ0v) is 17.3. The third kappa shape index (κ3) is 5.32. The van der Waals surface area contributed by atoms with Crippen molar-refractivity contribution in [2.75, 3.05) is 18.3 Å². The average molecular weight is 471 g/mol. The van der Waals surface area contributed by atoms with Crippen LogP contribution in [0.15, 0.2) is 16.7 Å². The maximum absolute atomic E-state index is 12.0. The highest BCUT2D eigenvalue weighted by Crippen LogP contribution is 2.19. The van der Waals surface area contributed by atoms with Crippen LogP contribution in [0.1, 0.15) is 22.3 Å². The predicted molar refractivity (Wildman–Crippen MR) is 105 cm³/mol. The summed E-state index contributed by atoms with van der Waals surface area (Å²) in [5, 5.41) is 20.3.